The van der Waals surface area contributed by atoms with Crippen LogP contribution in [0, 0.1) is 29.6 Å². The van der Waals surface area contributed by atoms with E-state index in [1.165, 1.54) is 41.7 Å². The fourth-order valence-electron chi connectivity index (χ4n) is 1.90. The summed E-state index contributed by atoms with van der Waals surface area (Å²) in [4.78, 5) is 0. The second-order valence-corrected chi connectivity index (χ2v) is 8.71. The summed E-state index contributed by atoms with van der Waals surface area (Å²) >= 11 is 22.4. The van der Waals surface area contributed by atoms with Crippen LogP contribution in [0.15, 0.2) is 12.1 Å². The molecule has 0 aromatic heterocycles. The summed E-state index contributed by atoms with van der Waals surface area (Å²) < 4.78 is 58.9. The van der Waals surface area contributed by atoms with Crippen molar-refractivity contribution in [1.29, 1.82) is 0 Å². The van der Waals surface area contributed by atoms with Crippen LogP contribution in [0.5, 0.6) is 0 Å². The van der Waals surface area contributed by atoms with Gasteiger partial charge in [-0.15, -0.1) is 0 Å². The Balaban J connectivity index is 0. The van der Waals surface area contributed by atoms with Crippen molar-refractivity contribution in [1.82, 2.24) is 0 Å². The van der Waals surface area contributed by atoms with Crippen LogP contribution in [0.25, 0.3) is 0 Å². The van der Waals surface area contributed by atoms with E-state index in [-0.39, 0.29) is 19.5 Å². The van der Waals surface area contributed by atoms with E-state index < -0.39 is 15.6 Å². The monoisotopic (exact) mass is 600 g/mol. The van der Waals surface area contributed by atoms with Gasteiger partial charge in [0.05, 0.1) is 20.1 Å². The Bertz CT molecular complexity index is 668. The Kier molecular flexibility index (Phi) is 13.9. The van der Waals surface area contributed by atoms with Crippen molar-refractivity contribution in [3.8, 4) is 0 Å². The second kappa shape index (κ2) is 12.7. The Morgan fingerprint density at radius 2 is 0.828 bits per heavy atom. The summed E-state index contributed by atoms with van der Waals surface area (Å²) in [6, 6.07) is 3.02. The molecule has 12 heteroatoms. The summed E-state index contributed by atoms with van der Waals surface area (Å²) in [5.74, 6) is 7.34. The number of hydrogen-bond acceptors (Lipinski definition) is 3. The van der Waals surface area contributed by atoms with Crippen molar-refractivity contribution in [2.24, 2.45) is 0 Å². The van der Waals surface area contributed by atoms with E-state index in [9.17, 15) is 13.2 Å². The molecule has 29 heavy (non-hydrogen) atoms. The summed E-state index contributed by atoms with van der Waals surface area (Å²) in [5, 5.41) is 1.65. The maximum Gasteiger partial charge on any atom is 2.00 e. The summed E-state index contributed by atoms with van der Waals surface area (Å²) in [5.41, 5.74) is -5.65. The predicted octanol–water partition coefficient (Wildman–Crippen LogP) is 7.32. The SMILES string of the molecule is C[C]1[C](C)[C](C)[C](C)[C]1C.Clc1cc(Cl)c(Cl)cc1Cl.O=S(=O)([O-])C(F)(F)F.[Ru+2]. The van der Waals surface area contributed by atoms with Gasteiger partial charge in [0.15, 0.2) is 10.1 Å². The van der Waals surface area contributed by atoms with E-state index in [0.717, 1.165) is 0 Å². The molecule has 0 aliphatic heterocycles. The smallest absolute Gasteiger partial charge is 0.741 e. The van der Waals surface area contributed by atoms with E-state index in [1.54, 1.807) is 0 Å². The third kappa shape index (κ3) is 9.80. The molecule has 0 heterocycles. The predicted molar refractivity (Wildman–Crippen MR) is 107 cm³/mol. The number of benzene rings is 1. The molecule has 1 fully saturated rings. The first kappa shape index (κ1) is 31.9. The number of hydrogen-bond donors (Lipinski definition) is 0. The van der Waals surface area contributed by atoms with Crippen LogP contribution in [0.1, 0.15) is 34.6 Å². The second-order valence-electron chi connectivity index (χ2n) is 5.71. The molecular formula is C17H17Cl4F3O3RuS+. The molecule has 1 aliphatic rings. The molecule has 0 N–H and O–H groups in total. The maximum absolute atomic E-state index is 10.7. The minimum Gasteiger partial charge on any atom is -0.741 e. The fourth-order valence-corrected chi connectivity index (χ4v) is 2.67. The minimum atomic E-state index is -6.09. The number of rotatable bonds is 0. The molecule has 0 bridgehead atoms. The fraction of sp³-hybridized carbons (Fsp3) is 0.353. The van der Waals surface area contributed by atoms with Crippen molar-refractivity contribution in [3.05, 3.63) is 61.8 Å². The van der Waals surface area contributed by atoms with Gasteiger partial charge in [-0.3, -0.25) is 0 Å². The number of alkyl halides is 3. The zero-order valence-corrected chi connectivity index (χ0v) is 21.4. The Morgan fingerprint density at radius 3 is 0.931 bits per heavy atom. The molecule has 165 valence electrons. The zero-order chi connectivity index (χ0) is 22.6. The molecule has 3 nitrogen and oxygen atoms in total. The van der Waals surface area contributed by atoms with Gasteiger partial charge in [0, 0.05) is 0 Å². The Labute approximate surface area is 203 Å². The standard InChI is InChI=1S/C10H15.C6H2Cl4.CHF3O3S.Ru/c1-6-7(2)9(4)10(5)8(6)3;7-3-1-4(8)6(10)2-5(3)9;2-1(3,4)8(5,6)7;/h1-5H3;1-2H;(H,5,6,7);/q;;;+2/p-1. The summed E-state index contributed by atoms with van der Waals surface area (Å²) in [7, 11) is -6.09. The third-order valence-electron chi connectivity index (χ3n) is 4.06. The van der Waals surface area contributed by atoms with Crippen LogP contribution < -0.4 is 0 Å². The average Bonchev–Trinajstić information content (AvgIpc) is 2.70. The van der Waals surface area contributed by atoms with Crippen molar-refractivity contribution >= 4 is 56.5 Å². The Morgan fingerprint density at radius 1 is 0.690 bits per heavy atom. The van der Waals surface area contributed by atoms with Gasteiger partial charge in [0.1, 0.15) is 0 Å². The summed E-state index contributed by atoms with van der Waals surface area (Å²) in [6.07, 6.45) is 0. The molecule has 1 aromatic rings. The van der Waals surface area contributed by atoms with Crippen LogP contribution in [-0.2, 0) is 29.6 Å². The van der Waals surface area contributed by atoms with Crippen LogP contribution in [-0.4, -0.2) is 18.5 Å². The van der Waals surface area contributed by atoms with Crippen LogP contribution >= 0.6 is 46.4 Å². The molecule has 0 amide bonds. The molecular weight excluding hydrogens is 584 g/mol. The first-order valence-corrected chi connectivity index (χ1v) is 10.4. The van der Waals surface area contributed by atoms with Crippen LogP contribution in [0.3, 0.4) is 0 Å². The Hall–Kier alpha value is 0.703. The molecule has 2 rings (SSSR count). The average molecular weight is 601 g/mol. The first-order valence-electron chi connectivity index (χ1n) is 7.43. The third-order valence-corrected chi connectivity index (χ3v) is 6.07. The van der Waals surface area contributed by atoms with Gasteiger partial charge < -0.3 is 4.55 Å². The van der Waals surface area contributed by atoms with Crippen molar-refractivity contribution in [2.45, 2.75) is 40.1 Å². The normalized spacial score (nSPS) is 17.1. The van der Waals surface area contributed by atoms with Gasteiger partial charge >= 0.3 is 25.0 Å². The molecule has 5 radical (unpaired) electrons. The van der Waals surface area contributed by atoms with Gasteiger partial charge in [-0.2, -0.15) is 13.2 Å². The van der Waals surface area contributed by atoms with Crippen molar-refractivity contribution < 1.29 is 45.6 Å². The summed E-state index contributed by atoms with van der Waals surface area (Å²) in [6.45, 7) is 11.0. The van der Waals surface area contributed by atoms with Crippen molar-refractivity contribution in [3.63, 3.8) is 0 Å². The van der Waals surface area contributed by atoms with Gasteiger partial charge in [-0.25, -0.2) is 8.42 Å². The van der Waals surface area contributed by atoms with Gasteiger partial charge in [-0.1, -0.05) is 81.0 Å². The largest absolute Gasteiger partial charge is 2.00 e. The molecule has 0 atom stereocenters. The van der Waals surface area contributed by atoms with Gasteiger partial charge in [-0.05, 0) is 41.7 Å². The maximum atomic E-state index is 10.7. The molecule has 0 spiro atoms. The van der Waals surface area contributed by atoms with E-state index >= 15 is 0 Å². The quantitative estimate of drug-likeness (QED) is 0.136. The zero-order valence-electron chi connectivity index (χ0n) is 15.8. The molecule has 1 aliphatic carbocycles. The van der Waals surface area contributed by atoms with Gasteiger partial charge in [0.2, 0.25) is 0 Å². The van der Waals surface area contributed by atoms with Gasteiger partial charge in [0.25, 0.3) is 0 Å². The van der Waals surface area contributed by atoms with Crippen LogP contribution in [0.2, 0.25) is 20.1 Å². The molecule has 1 saturated carbocycles. The van der Waals surface area contributed by atoms with E-state index in [0.29, 0.717) is 20.1 Å². The minimum absolute atomic E-state index is 0. The molecule has 1 aromatic carbocycles. The van der Waals surface area contributed by atoms with Crippen LogP contribution in [0.4, 0.5) is 13.2 Å². The molecule has 0 saturated heterocycles. The number of halogens is 7. The topological polar surface area (TPSA) is 57.2 Å². The first-order chi connectivity index (χ1) is 12.4. The molecule has 0 unspecified atom stereocenters. The van der Waals surface area contributed by atoms with E-state index in [4.69, 9.17) is 59.4 Å². The van der Waals surface area contributed by atoms with Crippen molar-refractivity contribution in [2.75, 3.05) is 0 Å². The van der Waals surface area contributed by atoms with E-state index in [1.807, 2.05) is 0 Å². The van der Waals surface area contributed by atoms with E-state index in [2.05, 4.69) is 34.6 Å².